The van der Waals surface area contributed by atoms with Gasteiger partial charge >= 0.3 is 0 Å². The normalized spacial score (nSPS) is 20.1. The number of carbonyl (C=O) groups is 1. The van der Waals surface area contributed by atoms with Crippen molar-refractivity contribution in [3.63, 3.8) is 0 Å². The lowest BCUT2D eigenvalue weighted by Crippen LogP contribution is -2.25. The van der Waals surface area contributed by atoms with E-state index in [9.17, 15) is 4.79 Å². The number of aryl methyl sites for hydroxylation is 1. The highest BCUT2D eigenvalue weighted by Crippen LogP contribution is 2.38. The third-order valence-corrected chi connectivity index (χ3v) is 4.66. The molecule has 1 amide bonds. The molecule has 5 heteroatoms. The van der Waals surface area contributed by atoms with Gasteiger partial charge in [0.05, 0.1) is 10.7 Å². The van der Waals surface area contributed by atoms with E-state index in [1.165, 1.54) is 0 Å². The minimum Gasteiger partial charge on any atom is -0.310 e. The highest BCUT2D eigenvalue weighted by atomic mass is 79.9. The summed E-state index contributed by atoms with van der Waals surface area (Å²) in [5, 5.41) is 1.47. The minimum atomic E-state index is 0.140. The summed E-state index contributed by atoms with van der Waals surface area (Å²) in [6.07, 6.45) is 0.585. The van der Waals surface area contributed by atoms with E-state index in [4.69, 9.17) is 11.6 Å². The Bertz CT molecular complexity index is 441. The molecule has 92 valence electrons. The molecule has 1 atom stereocenters. The van der Waals surface area contributed by atoms with Crippen molar-refractivity contribution in [3.05, 3.63) is 27.2 Å². The van der Waals surface area contributed by atoms with Crippen molar-refractivity contribution in [3.8, 4) is 0 Å². The second-order valence-electron chi connectivity index (χ2n) is 4.31. The Kier molecular flexibility index (Phi) is 4.16. The Labute approximate surface area is 123 Å². The number of carbonyl (C=O) groups excluding carboxylic acids is 1. The summed E-state index contributed by atoms with van der Waals surface area (Å²) in [5.41, 5.74) is 1.88. The number of nitrogens with zero attached hydrogens (tertiary/aromatic N) is 1. The van der Waals surface area contributed by atoms with Crippen LogP contribution < -0.4 is 4.90 Å². The second-order valence-corrected chi connectivity index (χ2v) is 6.21. The first-order valence-corrected chi connectivity index (χ1v) is 7.64. The van der Waals surface area contributed by atoms with Crippen LogP contribution in [0.2, 0.25) is 5.02 Å². The molecular weight excluding hydrogens is 369 g/mol. The number of benzene rings is 1. The first-order chi connectivity index (χ1) is 8.02. The number of amides is 1. The van der Waals surface area contributed by atoms with Crippen LogP contribution in [0.5, 0.6) is 0 Å². The zero-order valence-corrected chi connectivity index (χ0v) is 13.3. The number of hydrogen-bond donors (Lipinski definition) is 0. The fourth-order valence-electron chi connectivity index (χ4n) is 2.05. The summed E-state index contributed by atoms with van der Waals surface area (Å²) in [6, 6.07) is 3.87. The third-order valence-electron chi connectivity index (χ3n) is 2.85. The van der Waals surface area contributed by atoms with Crippen molar-refractivity contribution in [1.82, 2.24) is 0 Å². The number of rotatable bonds is 2. The molecule has 2 rings (SSSR count). The zero-order chi connectivity index (χ0) is 12.6. The molecule has 0 aliphatic carbocycles. The molecule has 0 radical (unpaired) electrons. The summed E-state index contributed by atoms with van der Waals surface area (Å²) >= 11 is 13.2. The number of hydrogen-bond acceptors (Lipinski definition) is 1. The predicted octanol–water partition coefficient (Wildman–Crippen LogP) is 4.16. The molecule has 1 aliphatic heterocycles. The maximum absolute atomic E-state index is 12.0. The van der Waals surface area contributed by atoms with E-state index in [0.717, 1.165) is 27.6 Å². The van der Waals surface area contributed by atoms with Crippen LogP contribution in [-0.2, 0) is 4.79 Å². The maximum Gasteiger partial charge on any atom is 0.227 e. The Hall–Kier alpha value is -0.0600. The van der Waals surface area contributed by atoms with Crippen LogP contribution in [0.15, 0.2) is 16.6 Å². The lowest BCUT2D eigenvalue weighted by atomic mass is 10.2. The Morgan fingerprint density at radius 2 is 2.24 bits per heavy atom. The molecule has 1 aromatic rings. The summed E-state index contributed by atoms with van der Waals surface area (Å²) in [6.45, 7) is 2.71. The van der Waals surface area contributed by atoms with Gasteiger partial charge in [-0.15, -0.1) is 0 Å². The SMILES string of the molecule is Cc1cc(Cl)c(N2CC(CBr)CC2=O)c(Br)c1. The fraction of sp³-hybridized carbons (Fsp3) is 0.417. The van der Waals surface area contributed by atoms with E-state index in [0.29, 0.717) is 17.4 Å². The van der Waals surface area contributed by atoms with Crippen molar-refractivity contribution in [1.29, 1.82) is 0 Å². The monoisotopic (exact) mass is 379 g/mol. The lowest BCUT2D eigenvalue weighted by molar-refractivity contribution is -0.117. The van der Waals surface area contributed by atoms with Gasteiger partial charge in [-0.25, -0.2) is 0 Å². The topological polar surface area (TPSA) is 20.3 Å². The van der Waals surface area contributed by atoms with E-state index >= 15 is 0 Å². The van der Waals surface area contributed by atoms with Gasteiger partial charge in [-0.1, -0.05) is 27.5 Å². The Morgan fingerprint density at radius 3 is 2.76 bits per heavy atom. The summed E-state index contributed by atoms with van der Waals surface area (Å²) < 4.78 is 0.881. The van der Waals surface area contributed by atoms with E-state index in [1.807, 2.05) is 19.1 Å². The van der Waals surface area contributed by atoms with Crippen LogP contribution in [0.25, 0.3) is 0 Å². The van der Waals surface area contributed by atoms with Crippen molar-refractivity contribution in [2.45, 2.75) is 13.3 Å². The average Bonchev–Trinajstić information content (AvgIpc) is 2.59. The fourth-order valence-corrected chi connectivity index (χ4v) is 3.76. The van der Waals surface area contributed by atoms with Crippen molar-refractivity contribution >= 4 is 55.1 Å². The highest BCUT2D eigenvalue weighted by Gasteiger charge is 2.32. The Morgan fingerprint density at radius 1 is 1.53 bits per heavy atom. The van der Waals surface area contributed by atoms with Gasteiger partial charge in [0.15, 0.2) is 0 Å². The molecule has 2 nitrogen and oxygen atoms in total. The number of alkyl halides is 1. The van der Waals surface area contributed by atoms with Crippen molar-refractivity contribution in [2.75, 3.05) is 16.8 Å². The minimum absolute atomic E-state index is 0.140. The first-order valence-electron chi connectivity index (χ1n) is 5.35. The smallest absolute Gasteiger partial charge is 0.227 e. The van der Waals surface area contributed by atoms with Crippen molar-refractivity contribution in [2.24, 2.45) is 5.92 Å². The molecule has 0 N–H and O–H groups in total. The summed E-state index contributed by atoms with van der Waals surface area (Å²) in [7, 11) is 0. The molecule has 1 fully saturated rings. The molecule has 0 aromatic heterocycles. The Balaban J connectivity index is 2.38. The molecule has 1 aliphatic rings. The van der Waals surface area contributed by atoms with E-state index in [2.05, 4.69) is 31.9 Å². The molecule has 1 heterocycles. The molecule has 17 heavy (non-hydrogen) atoms. The van der Waals surface area contributed by atoms with Crippen molar-refractivity contribution < 1.29 is 4.79 Å². The zero-order valence-electron chi connectivity index (χ0n) is 9.34. The van der Waals surface area contributed by atoms with Gasteiger partial charge in [-0.3, -0.25) is 4.79 Å². The second kappa shape index (κ2) is 5.29. The summed E-state index contributed by atoms with van der Waals surface area (Å²) in [4.78, 5) is 13.7. The third kappa shape index (κ3) is 2.69. The van der Waals surface area contributed by atoms with Crippen LogP contribution in [0.4, 0.5) is 5.69 Å². The van der Waals surface area contributed by atoms with Crippen LogP contribution in [-0.4, -0.2) is 17.8 Å². The summed E-state index contributed by atoms with van der Waals surface area (Å²) in [5.74, 6) is 0.507. The molecule has 1 aromatic carbocycles. The van der Waals surface area contributed by atoms with Gasteiger partial charge in [0.2, 0.25) is 5.91 Å². The van der Waals surface area contributed by atoms with Gasteiger partial charge in [-0.2, -0.15) is 0 Å². The predicted molar refractivity (Wildman–Crippen MR) is 78.1 cm³/mol. The molecule has 0 spiro atoms. The molecular formula is C12H12Br2ClNO. The molecule has 1 saturated heterocycles. The van der Waals surface area contributed by atoms with Crippen LogP contribution in [0, 0.1) is 12.8 Å². The maximum atomic E-state index is 12.0. The van der Waals surface area contributed by atoms with Gasteiger partial charge in [0.25, 0.3) is 0 Å². The van der Waals surface area contributed by atoms with E-state index < -0.39 is 0 Å². The standard InChI is InChI=1S/C12H12Br2ClNO/c1-7-2-9(14)12(10(15)3-7)16-6-8(5-13)4-11(16)17/h2-3,8H,4-6H2,1H3. The number of anilines is 1. The lowest BCUT2D eigenvalue weighted by Gasteiger charge is -2.20. The largest absolute Gasteiger partial charge is 0.310 e. The van der Waals surface area contributed by atoms with Crippen LogP contribution in [0.1, 0.15) is 12.0 Å². The van der Waals surface area contributed by atoms with Crippen LogP contribution in [0.3, 0.4) is 0 Å². The van der Waals surface area contributed by atoms with Crippen LogP contribution >= 0.6 is 43.5 Å². The average molecular weight is 381 g/mol. The highest BCUT2D eigenvalue weighted by molar-refractivity contribution is 9.10. The first kappa shape index (κ1) is 13.4. The molecule has 0 saturated carbocycles. The quantitative estimate of drug-likeness (QED) is 0.705. The van der Waals surface area contributed by atoms with E-state index in [1.54, 1.807) is 4.90 Å². The van der Waals surface area contributed by atoms with Gasteiger partial charge in [0, 0.05) is 22.8 Å². The van der Waals surface area contributed by atoms with Gasteiger partial charge < -0.3 is 4.90 Å². The number of halogens is 3. The van der Waals surface area contributed by atoms with Gasteiger partial charge in [-0.05, 0) is 46.5 Å². The molecule has 0 bridgehead atoms. The van der Waals surface area contributed by atoms with Gasteiger partial charge in [0.1, 0.15) is 0 Å². The van der Waals surface area contributed by atoms with E-state index in [-0.39, 0.29) is 5.91 Å². The molecule has 1 unspecified atom stereocenters.